The third-order valence-electron chi connectivity index (χ3n) is 8.91. The second-order valence-electron chi connectivity index (χ2n) is 13.9. The zero-order valence-corrected chi connectivity index (χ0v) is 27.3. The summed E-state index contributed by atoms with van der Waals surface area (Å²) in [4.78, 5) is 2.65. The molecule has 0 amide bonds. The molecule has 3 rings (SSSR count). The zero-order chi connectivity index (χ0) is 27.6. The van der Waals surface area contributed by atoms with Gasteiger partial charge >= 0.3 is 0 Å². The van der Waals surface area contributed by atoms with E-state index in [1.54, 1.807) is 0 Å². The van der Waals surface area contributed by atoms with Crippen LogP contribution in [0.15, 0.2) is 72.5 Å². The third kappa shape index (κ3) is 7.26. The number of hydrogen-bond acceptors (Lipinski definition) is 3. The van der Waals surface area contributed by atoms with E-state index in [1.807, 2.05) is 0 Å². The van der Waals surface area contributed by atoms with Crippen molar-refractivity contribution < 1.29 is 8.85 Å². The zero-order valence-electron chi connectivity index (χ0n) is 25.3. The molecule has 2 unspecified atom stereocenters. The van der Waals surface area contributed by atoms with E-state index in [0.717, 1.165) is 18.7 Å². The molecule has 2 aromatic carbocycles. The summed E-state index contributed by atoms with van der Waals surface area (Å²) < 4.78 is 14.1. The Labute approximate surface area is 229 Å². The first-order valence-corrected chi connectivity index (χ1v) is 19.8. The van der Waals surface area contributed by atoms with E-state index in [2.05, 4.69) is 146 Å². The monoisotopic (exact) mass is 537 g/mol. The first-order chi connectivity index (χ1) is 17.0. The molecule has 0 saturated heterocycles. The average molecular weight is 538 g/mol. The van der Waals surface area contributed by atoms with Crippen molar-refractivity contribution in [3.05, 3.63) is 83.6 Å². The van der Waals surface area contributed by atoms with Gasteiger partial charge in [-0.1, -0.05) is 102 Å². The van der Waals surface area contributed by atoms with Crippen LogP contribution in [0.25, 0.3) is 0 Å². The Morgan fingerprint density at radius 3 is 1.84 bits per heavy atom. The number of rotatable bonds is 8. The normalized spacial score (nSPS) is 20.9. The third-order valence-corrected chi connectivity index (χ3v) is 17.9. The molecular weight excluding hydrogens is 487 g/mol. The van der Waals surface area contributed by atoms with Crippen molar-refractivity contribution in [2.45, 2.75) is 116 Å². The first-order valence-electron chi connectivity index (χ1n) is 13.9. The molecule has 0 bridgehead atoms. The maximum absolute atomic E-state index is 7.07. The van der Waals surface area contributed by atoms with E-state index in [9.17, 15) is 0 Å². The summed E-state index contributed by atoms with van der Waals surface area (Å²) in [5.41, 5.74) is 2.63. The molecule has 0 aromatic heterocycles. The topological polar surface area (TPSA) is 21.7 Å². The van der Waals surface area contributed by atoms with Gasteiger partial charge < -0.3 is 8.85 Å². The second-order valence-corrected chi connectivity index (χ2v) is 23.3. The van der Waals surface area contributed by atoms with Gasteiger partial charge in [-0.2, -0.15) is 0 Å². The van der Waals surface area contributed by atoms with Gasteiger partial charge in [-0.15, -0.1) is 0 Å². The average Bonchev–Trinajstić information content (AvgIpc) is 2.79. The lowest BCUT2D eigenvalue weighted by Gasteiger charge is -2.48. The minimum atomic E-state index is -1.98. The quantitative estimate of drug-likeness (QED) is 0.313. The van der Waals surface area contributed by atoms with Crippen LogP contribution >= 0.6 is 0 Å². The maximum Gasteiger partial charge on any atom is 0.250 e. The Bertz CT molecular complexity index is 1040. The van der Waals surface area contributed by atoms with Crippen LogP contribution in [0.3, 0.4) is 0 Å². The van der Waals surface area contributed by atoms with Crippen molar-refractivity contribution in [3.63, 3.8) is 0 Å². The fraction of sp³-hybridized carbons (Fsp3) is 0.562. The number of nitrogens with zero attached hydrogens (tertiary/aromatic N) is 1. The van der Waals surface area contributed by atoms with Crippen LogP contribution in [0.5, 0.6) is 0 Å². The summed E-state index contributed by atoms with van der Waals surface area (Å²) in [5.74, 6) is 1.14. The van der Waals surface area contributed by atoms with Crippen molar-refractivity contribution in [2.75, 3.05) is 0 Å². The van der Waals surface area contributed by atoms with E-state index >= 15 is 0 Å². The van der Waals surface area contributed by atoms with Gasteiger partial charge in [-0.25, -0.2) is 0 Å². The van der Waals surface area contributed by atoms with Gasteiger partial charge in [-0.05, 0) is 60.4 Å². The summed E-state index contributed by atoms with van der Waals surface area (Å²) >= 11 is 0. The molecular formula is C32H51NO2Si2. The summed E-state index contributed by atoms with van der Waals surface area (Å²) in [6, 6.07) is 22.1. The predicted octanol–water partition coefficient (Wildman–Crippen LogP) is 9.32. The van der Waals surface area contributed by atoms with E-state index in [-0.39, 0.29) is 28.3 Å². The molecule has 0 aliphatic carbocycles. The lowest BCUT2D eigenvalue weighted by atomic mass is 9.92. The SMILES string of the molecule is C[C@H](O[Si](C)(C)C(C)(C)C)C1CC(O[Si](C)(C)C(C)(C)C)=CC(c2ccccc2)N1Cc1ccccc1. The van der Waals surface area contributed by atoms with Crippen LogP contribution in [-0.2, 0) is 15.4 Å². The molecule has 204 valence electrons. The molecule has 3 nitrogen and oxygen atoms in total. The largest absolute Gasteiger partial charge is 0.547 e. The molecule has 2 aromatic rings. The molecule has 5 heteroatoms. The van der Waals surface area contributed by atoms with Gasteiger partial charge in [0.25, 0.3) is 0 Å². The molecule has 1 heterocycles. The van der Waals surface area contributed by atoms with Gasteiger partial charge in [0.2, 0.25) is 8.32 Å². The molecule has 3 atom stereocenters. The van der Waals surface area contributed by atoms with Crippen LogP contribution in [0, 0.1) is 0 Å². The Morgan fingerprint density at radius 1 is 0.811 bits per heavy atom. The molecule has 0 saturated carbocycles. The summed E-state index contributed by atoms with van der Waals surface area (Å²) in [6.45, 7) is 26.5. The van der Waals surface area contributed by atoms with Crippen molar-refractivity contribution in [2.24, 2.45) is 0 Å². The Hall–Kier alpha value is -1.67. The number of hydrogen-bond donors (Lipinski definition) is 0. The van der Waals surface area contributed by atoms with Gasteiger partial charge in [0, 0.05) is 19.0 Å². The van der Waals surface area contributed by atoms with Crippen LogP contribution in [-0.4, -0.2) is 33.7 Å². The lowest BCUT2D eigenvalue weighted by molar-refractivity contribution is 0.0293. The first kappa shape index (κ1) is 29.9. The highest BCUT2D eigenvalue weighted by Gasteiger charge is 2.45. The van der Waals surface area contributed by atoms with Crippen molar-refractivity contribution in [1.82, 2.24) is 4.90 Å². The van der Waals surface area contributed by atoms with Gasteiger partial charge in [0.15, 0.2) is 8.32 Å². The maximum atomic E-state index is 7.07. The Balaban J connectivity index is 2.08. The van der Waals surface area contributed by atoms with E-state index in [1.165, 1.54) is 11.1 Å². The number of benzene rings is 2. The molecule has 1 aliphatic rings. The molecule has 0 spiro atoms. The second kappa shape index (κ2) is 11.2. The molecule has 37 heavy (non-hydrogen) atoms. The lowest BCUT2D eigenvalue weighted by Crippen LogP contribution is -2.53. The van der Waals surface area contributed by atoms with Crippen molar-refractivity contribution in [3.8, 4) is 0 Å². The summed E-state index contributed by atoms with van der Waals surface area (Å²) in [7, 11) is -3.93. The van der Waals surface area contributed by atoms with Crippen molar-refractivity contribution in [1.29, 1.82) is 0 Å². The van der Waals surface area contributed by atoms with Gasteiger partial charge in [-0.3, -0.25) is 4.90 Å². The van der Waals surface area contributed by atoms with E-state index in [4.69, 9.17) is 8.85 Å². The van der Waals surface area contributed by atoms with Crippen molar-refractivity contribution >= 4 is 16.6 Å². The van der Waals surface area contributed by atoms with Gasteiger partial charge in [0.05, 0.1) is 17.9 Å². The van der Waals surface area contributed by atoms with Gasteiger partial charge in [0.1, 0.15) is 0 Å². The Kier molecular flexibility index (Phi) is 9.05. The highest BCUT2D eigenvalue weighted by molar-refractivity contribution is 6.74. The van der Waals surface area contributed by atoms with Crippen LogP contribution in [0.2, 0.25) is 36.3 Å². The highest BCUT2D eigenvalue weighted by Crippen LogP contribution is 2.44. The molecule has 0 N–H and O–H groups in total. The van der Waals surface area contributed by atoms with E-state index < -0.39 is 16.6 Å². The predicted molar refractivity (Wildman–Crippen MR) is 164 cm³/mol. The van der Waals surface area contributed by atoms with Crippen LogP contribution in [0.1, 0.15) is 72.1 Å². The smallest absolute Gasteiger partial charge is 0.250 e. The molecule has 0 fully saturated rings. The molecule has 0 radical (unpaired) electrons. The minimum Gasteiger partial charge on any atom is -0.547 e. The highest BCUT2D eigenvalue weighted by atomic mass is 28.4. The van der Waals surface area contributed by atoms with Crippen LogP contribution in [0.4, 0.5) is 0 Å². The summed E-state index contributed by atoms with van der Waals surface area (Å²) in [5, 5.41) is 0.311. The fourth-order valence-corrected chi connectivity index (χ4v) is 7.08. The Morgan fingerprint density at radius 2 is 1.32 bits per heavy atom. The van der Waals surface area contributed by atoms with Crippen LogP contribution < -0.4 is 0 Å². The fourth-order valence-electron chi connectivity index (χ4n) is 4.53. The van der Waals surface area contributed by atoms with E-state index in [0.29, 0.717) is 0 Å². The minimum absolute atomic E-state index is 0.0857. The summed E-state index contributed by atoms with van der Waals surface area (Å²) in [6.07, 6.45) is 3.36. The molecule has 1 aliphatic heterocycles. The standard InChI is InChI=1S/C32H51NO2Si2/c1-25(34-36(8,9)31(2,3)4)29-22-28(35-37(10,11)32(5,6)7)23-30(27-20-16-13-17-21-27)33(29)24-26-18-14-12-15-19-26/h12-21,23,25,29-30H,22,24H2,1-11H3/t25-,29?,30?/m0/s1.